The van der Waals surface area contributed by atoms with Crippen LogP contribution in [0.5, 0.6) is 0 Å². The van der Waals surface area contributed by atoms with Crippen molar-refractivity contribution in [3.8, 4) is 0 Å². The van der Waals surface area contributed by atoms with Crippen LogP contribution < -0.4 is 5.32 Å². The van der Waals surface area contributed by atoms with Gasteiger partial charge in [0.15, 0.2) is 16.8 Å². The molecule has 1 atom stereocenters. The number of benzene rings is 1. The maximum Gasteiger partial charge on any atom is 0.163 e. The first-order valence-electron chi connectivity index (χ1n) is 6.88. The van der Waals surface area contributed by atoms with E-state index in [2.05, 4.69) is 15.5 Å². The van der Waals surface area contributed by atoms with Crippen molar-refractivity contribution >= 4 is 28.2 Å². The first kappa shape index (κ1) is 14.5. The quantitative estimate of drug-likeness (QED) is 0.943. The molecule has 3 rings (SSSR count). The van der Waals surface area contributed by atoms with Gasteiger partial charge in [0.2, 0.25) is 0 Å². The van der Waals surface area contributed by atoms with E-state index in [1.54, 1.807) is 0 Å². The summed E-state index contributed by atoms with van der Waals surface area (Å²) >= 11 is 6.07. The molecule has 1 aromatic carbocycles. The normalized spacial score (nSPS) is 24.4. The Labute approximate surface area is 128 Å². The minimum atomic E-state index is -0.551. The Bertz CT molecular complexity index is 677. The second kappa shape index (κ2) is 5.09. The molecule has 0 bridgehead atoms. The van der Waals surface area contributed by atoms with Gasteiger partial charge in [0.05, 0.1) is 6.61 Å². The van der Waals surface area contributed by atoms with Crippen LogP contribution in [0.3, 0.4) is 0 Å². The fourth-order valence-corrected chi connectivity index (χ4v) is 2.74. The largest absolute Gasteiger partial charge is 0.365 e. The topological polar surface area (TPSA) is 56.3 Å². The molecule has 1 fully saturated rings. The SMILES string of the molecule is CC1(CNc2nnc(Cl)c3ccccc23)COC(C)(C)O1. The predicted octanol–water partition coefficient (Wildman–Crippen LogP) is 3.24. The molecule has 112 valence electrons. The molecule has 0 amide bonds. The summed E-state index contributed by atoms with van der Waals surface area (Å²) in [5.41, 5.74) is -0.397. The van der Waals surface area contributed by atoms with E-state index in [1.807, 2.05) is 45.0 Å². The van der Waals surface area contributed by atoms with Crippen LogP contribution in [0.2, 0.25) is 5.15 Å². The minimum absolute atomic E-state index is 0.397. The molecule has 1 aliphatic heterocycles. The standard InChI is InChI=1S/C15H18ClN3O2/c1-14(2)20-9-15(3,21-14)8-17-13-11-7-5-4-6-10(11)12(16)18-19-13/h4-7H,8-9H2,1-3H3,(H,17,19). The predicted molar refractivity (Wildman–Crippen MR) is 82.6 cm³/mol. The molecule has 0 radical (unpaired) electrons. The zero-order chi connectivity index (χ0) is 15.1. The van der Waals surface area contributed by atoms with Crippen molar-refractivity contribution in [1.29, 1.82) is 0 Å². The highest BCUT2D eigenvalue weighted by atomic mass is 35.5. The van der Waals surface area contributed by atoms with E-state index in [4.69, 9.17) is 21.1 Å². The molecule has 2 heterocycles. The number of ether oxygens (including phenoxy) is 2. The van der Waals surface area contributed by atoms with E-state index < -0.39 is 11.4 Å². The Morgan fingerprint density at radius 1 is 1.19 bits per heavy atom. The summed E-state index contributed by atoms with van der Waals surface area (Å²) in [5.74, 6) is 0.147. The summed E-state index contributed by atoms with van der Waals surface area (Å²) in [5, 5.41) is 13.7. The summed E-state index contributed by atoms with van der Waals surface area (Å²) in [6, 6.07) is 7.77. The Hall–Kier alpha value is -1.43. The van der Waals surface area contributed by atoms with Gasteiger partial charge in [0, 0.05) is 17.3 Å². The zero-order valence-corrected chi connectivity index (χ0v) is 13.1. The van der Waals surface area contributed by atoms with Crippen molar-refractivity contribution in [1.82, 2.24) is 10.2 Å². The first-order valence-corrected chi connectivity index (χ1v) is 7.25. The second-order valence-electron chi connectivity index (χ2n) is 5.98. The van der Waals surface area contributed by atoms with E-state index in [1.165, 1.54) is 0 Å². The van der Waals surface area contributed by atoms with E-state index in [0.29, 0.717) is 24.1 Å². The molecule has 0 saturated carbocycles. The van der Waals surface area contributed by atoms with Crippen molar-refractivity contribution < 1.29 is 9.47 Å². The maximum atomic E-state index is 6.07. The van der Waals surface area contributed by atoms with Crippen molar-refractivity contribution in [2.24, 2.45) is 0 Å². The monoisotopic (exact) mass is 307 g/mol. The molecule has 1 aromatic heterocycles. The van der Waals surface area contributed by atoms with Crippen LogP contribution in [0, 0.1) is 0 Å². The van der Waals surface area contributed by atoms with Crippen LogP contribution in [-0.2, 0) is 9.47 Å². The van der Waals surface area contributed by atoms with Crippen molar-refractivity contribution in [2.45, 2.75) is 32.2 Å². The van der Waals surface area contributed by atoms with E-state index in [9.17, 15) is 0 Å². The van der Waals surface area contributed by atoms with Crippen LogP contribution in [0.1, 0.15) is 20.8 Å². The highest BCUT2D eigenvalue weighted by molar-refractivity contribution is 6.34. The van der Waals surface area contributed by atoms with Gasteiger partial charge < -0.3 is 14.8 Å². The molecule has 1 unspecified atom stereocenters. The Morgan fingerprint density at radius 2 is 1.90 bits per heavy atom. The average Bonchev–Trinajstić information content (AvgIpc) is 2.73. The molecule has 1 N–H and O–H groups in total. The number of hydrogen-bond donors (Lipinski definition) is 1. The lowest BCUT2D eigenvalue weighted by Gasteiger charge is -2.25. The van der Waals surface area contributed by atoms with Gasteiger partial charge in [-0.3, -0.25) is 0 Å². The summed E-state index contributed by atoms with van der Waals surface area (Å²) < 4.78 is 11.6. The number of anilines is 1. The second-order valence-corrected chi connectivity index (χ2v) is 6.34. The van der Waals surface area contributed by atoms with Crippen LogP contribution in [0.15, 0.2) is 24.3 Å². The van der Waals surface area contributed by atoms with Gasteiger partial charge in [-0.15, -0.1) is 10.2 Å². The Morgan fingerprint density at radius 3 is 2.57 bits per heavy atom. The number of nitrogens with one attached hydrogen (secondary N) is 1. The fourth-order valence-electron chi connectivity index (χ4n) is 2.54. The molecule has 2 aromatic rings. The lowest BCUT2D eigenvalue weighted by atomic mass is 10.1. The third-order valence-electron chi connectivity index (χ3n) is 3.49. The van der Waals surface area contributed by atoms with E-state index in [-0.39, 0.29) is 0 Å². The molecular weight excluding hydrogens is 290 g/mol. The number of halogens is 1. The van der Waals surface area contributed by atoms with E-state index in [0.717, 1.165) is 10.8 Å². The molecule has 21 heavy (non-hydrogen) atoms. The van der Waals surface area contributed by atoms with Gasteiger partial charge in [-0.25, -0.2) is 0 Å². The van der Waals surface area contributed by atoms with Crippen molar-refractivity contribution in [2.75, 3.05) is 18.5 Å². The van der Waals surface area contributed by atoms with Crippen molar-refractivity contribution in [3.63, 3.8) is 0 Å². The van der Waals surface area contributed by atoms with Gasteiger partial charge in [-0.1, -0.05) is 35.9 Å². The van der Waals surface area contributed by atoms with Crippen LogP contribution in [0.25, 0.3) is 10.8 Å². The zero-order valence-electron chi connectivity index (χ0n) is 12.3. The third-order valence-corrected chi connectivity index (χ3v) is 3.77. The van der Waals surface area contributed by atoms with Crippen LogP contribution in [-0.4, -0.2) is 34.7 Å². The van der Waals surface area contributed by atoms with Gasteiger partial charge in [-0.2, -0.15) is 0 Å². The van der Waals surface area contributed by atoms with E-state index >= 15 is 0 Å². The number of nitrogens with zero attached hydrogens (tertiary/aromatic N) is 2. The molecule has 1 saturated heterocycles. The molecule has 6 heteroatoms. The highest BCUT2D eigenvalue weighted by Gasteiger charge is 2.41. The van der Waals surface area contributed by atoms with Crippen LogP contribution >= 0.6 is 11.6 Å². The van der Waals surface area contributed by atoms with Gasteiger partial charge in [0.25, 0.3) is 0 Å². The Balaban J connectivity index is 1.82. The Kier molecular flexibility index (Phi) is 3.51. The summed E-state index contributed by atoms with van der Waals surface area (Å²) in [7, 11) is 0. The van der Waals surface area contributed by atoms with Gasteiger partial charge in [-0.05, 0) is 20.8 Å². The number of rotatable bonds is 3. The molecule has 0 spiro atoms. The summed E-state index contributed by atoms with van der Waals surface area (Å²) in [6.07, 6.45) is 0. The smallest absolute Gasteiger partial charge is 0.163 e. The lowest BCUT2D eigenvalue weighted by Crippen LogP contribution is -2.38. The minimum Gasteiger partial charge on any atom is -0.365 e. The van der Waals surface area contributed by atoms with Gasteiger partial charge in [0.1, 0.15) is 5.60 Å². The third kappa shape index (κ3) is 2.95. The number of fused-ring (bicyclic) bond motifs is 1. The average molecular weight is 308 g/mol. The fraction of sp³-hybridized carbons (Fsp3) is 0.467. The molecule has 0 aliphatic carbocycles. The van der Waals surface area contributed by atoms with Crippen LogP contribution in [0.4, 0.5) is 5.82 Å². The molecular formula is C15H18ClN3O2. The molecule has 1 aliphatic rings. The highest BCUT2D eigenvalue weighted by Crippen LogP contribution is 2.31. The first-order chi connectivity index (χ1) is 9.89. The lowest BCUT2D eigenvalue weighted by molar-refractivity contribution is -0.154. The van der Waals surface area contributed by atoms with Gasteiger partial charge >= 0.3 is 0 Å². The summed E-state index contributed by atoms with van der Waals surface area (Å²) in [4.78, 5) is 0. The number of hydrogen-bond acceptors (Lipinski definition) is 5. The maximum absolute atomic E-state index is 6.07. The number of aromatic nitrogens is 2. The van der Waals surface area contributed by atoms with Crippen molar-refractivity contribution in [3.05, 3.63) is 29.4 Å². The summed E-state index contributed by atoms with van der Waals surface area (Å²) in [6.45, 7) is 6.95. The molecule has 5 nitrogen and oxygen atoms in total.